The molecule has 0 spiro atoms. The first-order chi connectivity index (χ1) is 16.8. The van der Waals surface area contributed by atoms with Crippen LogP contribution in [0.25, 0.3) is 11.1 Å². The van der Waals surface area contributed by atoms with Crippen LogP contribution >= 0.6 is 0 Å². The zero-order valence-corrected chi connectivity index (χ0v) is 19.7. The third-order valence-corrected chi connectivity index (χ3v) is 6.93. The molecule has 0 saturated carbocycles. The number of carbonyl (C=O) groups excluding carboxylic acids is 2. The lowest BCUT2D eigenvalue weighted by Crippen LogP contribution is -2.57. The first kappa shape index (κ1) is 24.7. The smallest absolute Gasteiger partial charge is 0.407 e. The molecule has 2 aliphatic rings. The first-order valence-electron chi connectivity index (χ1n) is 11.8. The van der Waals surface area contributed by atoms with Crippen molar-refractivity contribution in [1.82, 2.24) is 15.5 Å². The molecule has 2 aromatic rings. The second-order valence-corrected chi connectivity index (χ2v) is 9.37. The van der Waals surface area contributed by atoms with Crippen molar-refractivity contribution < 1.29 is 29.3 Å². The molecule has 1 heterocycles. The van der Waals surface area contributed by atoms with Crippen LogP contribution in [0.1, 0.15) is 36.3 Å². The highest BCUT2D eigenvalue weighted by atomic mass is 16.5. The summed E-state index contributed by atoms with van der Waals surface area (Å²) in [7, 11) is 1.97. The van der Waals surface area contributed by atoms with Gasteiger partial charge < -0.3 is 30.5 Å². The Morgan fingerprint density at radius 1 is 1.06 bits per heavy atom. The van der Waals surface area contributed by atoms with Gasteiger partial charge in [-0.2, -0.15) is 0 Å². The quantitative estimate of drug-likeness (QED) is 0.454. The van der Waals surface area contributed by atoms with E-state index in [0.717, 1.165) is 22.3 Å². The normalized spacial score (nSPS) is 17.7. The summed E-state index contributed by atoms with van der Waals surface area (Å²) in [5, 5.41) is 23.6. The van der Waals surface area contributed by atoms with Gasteiger partial charge in [-0.3, -0.25) is 4.79 Å². The van der Waals surface area contributed by atoms with Gasteiger partial charge in [-0.25, -0.2) is 9.59 Å². The predicted octanol–water partition coefficient (Wildman–Crippen LogP) is 1.94. The monoisotopic (exact) mass is 481 g/mol. The van der Waals surface area contributed by atoms with Crippen molar-refractivity contribution in [2.45, 2.75) is 36.8 Å². The minimum absolute atomic E-state index is 0.0304. The highest BCUT2D eigenvalue weighted by molar-refractivity contribution is 5.81. The van der Waals surface area contributed by atoms with E-state index in [2.05, 4.69) is 39.8 Å². The van der Waals surface area contributed by atoms with E-state index in [4.69, 9.17) is 9.84 Å². The van der Waals surface area contributed by atoms with Crippen LogP contribution < -0.4 is 10.6 Å². The number of nitrogens with one attached hydrogen (secondary N) is 2. The van der Waals surface area contributed by atoms with E-state index < -0.39 is 36.2 Å². The fraction of sp³-hybridized carbons (Fsp3) is 0.423. The summed E-state index contributed by atoms with van der Waals surface area (Å²) >= 11 is 0. The number of benzene rings is 2. The molecular weight excluding hydrogens is 450 g/mol. The Morgan fingerprint density at radius 2 is 1.63 bits per heavy atom. The molecule has 4 rings (SSSR count). The van der Waals surface area contributed by atoms with Gasteiger partial charge in [0, 0.05) is 25.4 Å². The number of rotatable bonds is 8. The first-order valence-corrected chi connectivity index (χ1v) is 11.8. The second kappa shape index (κ2) is 10.5. The van der Waals surface area contributed by atoms with Crippen molar-refractivity contribution >= 4 is 18.0 Å². The van der Waals surface area contributed by atoms with Crippen LogP contribution in [-0.2, 0) is 14.3 Å². The third-order valence-electron chi connectivity index (χ3n) is 6.93. The Bertz CT molecular complexity index is 1050. The van der Waals surface area contributed by atoms with Crippen LogP contribution in [0, 0.1) is 0 Å². The van der Waals surface area contributed by atoms with Crippen LogP contribution in [-0.4, -0.2) is 78.0 Å². The van der Waals surface area contributed by atoms with Gasteiger partial charge in [0.1, 0.15) is 6.61 Å². The molecule has 35 heavy (non-hydrogen) atoms. The van der Waals surface area contributed by atoms with Gasteiger partial charge >= 0.3 is 12.1 Å². The summed E-state index contributed by atoms with van der Waals surface area (Å²) in [5.41, 5.74) is 3.71. The lowest BCUT2D eigenvalue weighted by molar-refractivity contribution is -0.146. The molecule has 0 radical (unpaired) electrons. The number of aliphatic hydroxyl groups excluding tert-OH is 1. The number of likely N-dealkylation sites (tertiary alicyclic amines) is 1. The molecule has 0 bridgehead atoms. The average molecular weight is 482 g/mol. The maximum Gasteiger partial charge on any atom is 0.407 e. The van der Waals surface area contributed by atoms with Crippen molar-refractivity contribution in [2.24, 2.45) is 0 Å². The molecule has 2 aromatic carbocycles. The van der Waals surface area contributed by atoms with Gasteiger partial charge in [-0.05, 0) is 42.1 Å². The number of hydrogen-bond acceptors (Lipinski definition) is 6. The fourth-order valence-corrected chi connectivity index (χ4v) is 4.91. The Labute approximate surface area is 204 Å². The van der Waals surface area contributed by atoms with E-state index in [0.29, 0.717) is 25.9 Å². The fourth-order valence-electron chi connectivity index (χ4n) is 4.91. The van der Waals surface area contributed by atoms with Crippen LogP contribution in [0.15, 0.2) is 48.5 Å². The Hall–Kier alpha value is -3.43. The number of carboxylic acids is 1. The molecule has 186 valence electrons. The summed E-state index contributed by atoms with van der Waals surface area (Å²) in [6.45, 7) is 1.16. The van der Waals surface area contributed by atoms with Gasteiger partial charge in [0.2, 0.25) is 5.91 Å². The number of amides is 2. The summed E-state index contributed by atoms with van der Waals surface area (Å²) in [4.78, 5) is 38.4. The van der Waals surface area contributed by atoms with Gasteiger partial charge in [0.25, 0.3) is 0 Å². The molecule has 1 atom stereocenters. The van der Waals surface area contributed by atoms with Crippen molar-refractivity contribution in [3.8, 4) is 11.1 Å². The van der Waals surface area contributed by atoms with Crippen LogP contribution in [0.5, 0.6) is 0 Å². The molecule has 1 aliphatic carbocycles. The lowest BCUT2D eigenvalue weighted by Gasteiger charge is -2.40. The molecule has 9 heteroatoms. The number of aliphatic carboxylic acids is 1. The molecule has 9 nitrogen and oxygen atoms in total. The number of aliphatic hydroxyl groups is 1. The van der Waals surface area contributed by atoms with Gasteiger partial charge in [0.05, 0.1) is 12.1 Å². The maximum absolute atomic E-state index is 12.9. The Kier molecular flexibility index (Phi) is 7.37. The van der Waals surface area contributed by atoms with Crippen molar-refractivity contribution in [3.63, 3.8) is 0 Å². The number of alkyl carbamates (subject to hydrolysis) is 1. The summed E-state index contributed by atoms with van der Waals surface area (Å²) in [6, 6.07) is 16.2. The van der Waals surface area contributed by atoms with E-state index in [-0.39, 0.29) is 18.9 Å². The highest BCUT2D eigenvalue weighted by Crippen LogP contribution is 2.44. The minimum Gasteiger partial charge on any atom is -0.479 e. The van der Waals surface area contributed by atoms with Crippen LogP contribution in [0.2, 0.25) is 0 Å². The molecule has 1 fully saturated rings. The number of fused-ring (bicyclic) bond motifs is 3. The zero-order valence-electron chi connectivity index (χ0n) is 19.7. The zero-order chi connectivity index (χ0) is 25.0. The standard InChI is InChI=1S/C26H31N3O6/c1-29-12-10-26(11-13-29,14-23(31)27-15-22(30)24(32)33)28-25(34)35-16-21-19-8-4-2-6-17(19)18-7-3-5-9-20(18)21/h2-9,21-22,30H,10-16H2,1H3,(H,27,31)(H,28,34)(H,32,33)/t22-/m0/s1. The second-order valence-electron chi connectivity index (χ2n) is 9.37. The molecule has 1 saturated heterocycles. The number of nitrogens with zero attached hydrogens (tertiary/aromatic N) is 1. The topological polar surface area (TPSA) is 128 Å². The van der Waals surface area contributed by atoms with Crippen LogP contribution in [0.3, 0.4) is 0 Å². The molecule has 0 aromatic heterocycles. The van der Waals surface area contributed by atoms with Crippen molar-refractivity contribution in [1.29, 1.82) is 0 Å². The summed E-state index contributed by atoms with van der Waals surface area (Å²) < 4.78 is 5.69. The molecule has 2 amide bonds. The number of hydrogen-bond donors (Lipinski definition) is 4. The minimum atomic E-state index is -1.68. The van der Waals surface area contributed by atoms with Crippen molar-refractivity contribution in [3.05, 3.63) is 59.7 Å². The number of ether oxygens (including phenoxy) is 1. The largest absolute Gasteiger partial charge is 0.479 e. The third kappa shape index (κ3) is 5.63. The average Bonchev–Trinajstić information content (AvgIpc) is 3.17. The molecule has 0 unspecified atom stereocenters. The highest BCUT2D eigenvalue weighted by Gasteiger charge is 2.38. The summed E-state index contributed by atoms with van der Waals surface area (Å²) in [6.07, 6.45) is -1.21. The maximum atomic E-state index is 12.9. The van der Waals surface area contributed by atoms with E-state index in [9.17, 15) is 19.5 Å². The van der Waals surface area contributed by atoms with E-state index in [1.54, 1.807) is 0 Å². The number of carbonyl (C=O) groups is 3. The van der Waals surface area contributed by atoms with E-state index >= 15 is 0 Å². The van der Waals surface area contributed by atoms with E-state index in [1.807, 2.05) is 31.3 Å². The van der Waals surface area contributed by atoms with E-state index in [1.165, 1.54) is 0 Å². The number of carboxylic acid groups (broad SMARTS) is 1. The molecule has 1 aliphatic heterocycles. The Morgan fingerprint density at radius 3 is 2.20 bits per heavy atom. The van der Waals surface area contributed by atoms with Gasteiger partial charge in [-0.1, -0.05) is 48.5 Å². The Balaban J connectivity index is 1.41. The van der Waals surface area contributed by atoms with Crippen molar-refractivity contribution in [2.75, 3.05) is 33.3 Å². The predicted molar refractivity (Wildman–Crippen MR) is 129 cm³/mol. The summed E-state index contributed by atoms with van der Waals surface area (Å²) in [5.74, 6) is -1.91. The van der Waals surface area contributed by atoms with Crippen LogP contribution in [0.4, 0.5) is 4.79 Å². The molecular formula is C26H31N3O6. The van der Waals surface area contributed by atoms with Gasteiger partial charge in [-0.15, -0.1) is 0 Å². The molecule has 4 N–H and O–H groups in total. The van der Waals surface area contributed by atoms with Gasteiger partial charge in [0.15, 0.2) is 6.10 Å². The SMILES string of the molecule is CN1CCC(CC(=O)NC[C@H](O)C(=O)O)(NC(=O)OCC2c3ccccc3-c3ccccc32)CC1. The lowest BCUT2D eigenvalue weighted by atomic mass is 9.84. The number of piperidine rings is 1.